The number of halogens is 1. The third-order valence-corrected chi connectivity index (χ3v) is 3.96. The van der Waals surface area contributed by atoms with E-state index in [2.05, 4.69) is 5.32 Å². The number of hydrogen-bond donors (Lipinski definition) is 2. The second kappa shape index (κ2) is 9.71. The van der Waals surface area contributed by atoms with Crippen LogP contribution in [0.25, 0.3) is 0 Å². The van der Waals surface area contributed by atoms with Crippen molar-refractivity contribution in [3.05, 3.63) is 35.6 Å². The van der Waals surface area contributed by atoms with Gasteiger partial charge in [-0.05, 0) is 27.1 Å². The summed E-state index contributed by atoms with van der Waals surface area (Å²) in [4.78, 5) is 39.1. The van der Waals surface area contributed by atoms with E-state index in [1.807, 2.05) is 0 Å². The van der Waals surface area contributed by atoms with Crippen molar-refractivity contribution in [2.24, 2.45) is 0 Å². The predicted octanol–water partition coefficient (Wildman–Crippen LogP) is 0.0235. The van der Waals surface area contributed by atoms with Gasteiger partial charge in [-0.1, -0.05) is 18.2 Å². The van der Waals surface area contributed by atoms with E-state index in [1.54, 1.807) is 37.2 Å². The van der Waals surface area contributed by atoms with Crippen molar-refractivity contribution in [1.29, 1.82) is 0 Å². The van der Waals surface area contributed by atoms with Gasteiger partial charge in [-0.3, -0.25) is 28.7 Å². The highest BCUT2D eigenvalue weighted by Crippen LogP contribution is 2.19. The first kappa shape index (κ1) is 23.7. The van der Waals surface area contributed by atoms with E-state index < -0.39 is 33.9 Å². The lowest BCUT2D eigenvalue weighted by atomic mass is 10.2. The topological polar surface area (TPSA) is 124 Å². The number of likely N-dealkylation sites (tertiary alicyclic amines) is 1. The summed E-state index contributed by atoms with van der Waals surface area (Å²) in [5, 5.41) is 2.56. The van der Waals surface area contributed by atoms with Crippen molar-refractivity contribution in [2.45, 2.75) is 32.0 Å². The molecule has 0 radical (unpaired) electrons. The number of amides is 3. The monoisotopic (exact) mass is 417 g/mol. The molecule has 2 atom stereocenters. The Morgan fingerprint density at radius 2 is 1.89 bits per heavy atom. The molecule has 2 N–H and O–H groups in total. The van der Waals surface area contributed by atoms with E-state index >= 15 is 0 Å². The van der Waals surface area contributed by atoms with Gasteiger partial charge in [0.15, 0.2) is 0 Å². The fourth-order valence-corrected chi connectivity index (χ4v) is 2.53. The molecular formula is C17H24FN3O6S. The van der Waals surface area contributed by atoms with Gasteiger partial charge >= 0.3 is 0 Å². The lowest BCUT2D eigenvalue weighted by Crippen LogP contribution is -2.49. The van der Waals surface area contributed by atoms with Crippen LogP contribution in [0.15, 0.2) is 24.3 Å². The molecule has 28 heavy (non-hydrogen) atoms. The van der Waals surface area contributed by atoms with Crippen molar-refractivity contribution in [3.8, 4) is 0 Å². The Labute approximate surface area is 163 Å². The summed E-state index contributed by atoms with van der Waals surface area (Å²) in [7, 11) is -0.246. The smallest absolute Gasteiger partial charge is 0.261 e. The van der Waals surface area contributed by atoms with Gasteiger partial charge in [0.25, 0.3) is 10.1 Å². The van der Waals surface area contributed by atoms with Crippen LogP contribution in [0.2, 0.25) is 0 Å². The standard InChI is InChI=1S/C16H20FN3O3.CH4O3S/c1-10(20-14(21)8-13(16(20)23)19(2)3)15(22)18-9-11-6-4-5-7-12(11)17;1-5(2,3)4/h4-7,10,13H,8-9H2,1-3H3,(H,18,22);1H3,(H,2,3,4)/t10-,13+;/m1./s1. The molecule has 1 saturated heterocycles. The zero-order valence-electron chi connectivity index (χ0n) is 16.0. The third kappa shape index (κ3) is 6.98. The van der Waals surface area contributed by atoms with Crippen molar-refractivity contribution >= 4 is 27.8 Å². The molecule has 1 aromatic carbocycles. The summed E-state index contributed by atoms with van der Waals surface area (Å²) in [5.41, 5.74) is 0.346. The Hall–Kier alpha value is -2.37. The molecule has 1 fully saturated rings. The molecule has 0 spiro atoms. The molecule has 3 amide bonds. The molecule has 1 aliphatic rings. The predicted molar refractivity (Wildman–Crippen MR) is 99.1 cm³/mol. The third-order valence-electron chi connectivity index (χ3n) is 3.96. The fraction of sp³-hybridized carbons (Fsp3) is 0.471. The van der Waals surface area contributed by atoms with Crippen LogP contribution in [0, 0.1) is 5.82 Å². The molecule has 11 heteroatoms. The normalized spacial score (nSPS) is 18.0. The van der Waals surface area contributed by atoms with Crippen LogP contribution in [0.5, 0.6) is 0 Å². The molecule has 0 aromatic heterocycles. The number of hydrogen-bond acceptors (Lipinski definition) is 6. The Morgan fingerprint density at radius 3 is 2.36 bits per heavy atom. The highest BCUT2D eigenvalue weighted by Gasteiger charge is 2.43. The molecule has 0 aliphatic carbocycles. The SMILES string of the molecule is CS(=O)(=O)O.C[C@H](C(=O)NCc1ccccc1F)N1C(=O)C[C@H](N(C)C)C1=O. The number of imide groups is 1. The average Bonchev–Trinajstić information content (AvgIpc) is 2.86. The quantitative estimate of drug-likeness (QED) is 0.511. The number of rotatable bonds is 5. The van der Waals surface area contributed by atoms with Gasteiger partial charge in [0.2, 0.25) is 17.7 Å². The summed E-state index contributed by atoms with van der Waals surface area (Å²) < 4.78 is 39.4. The first-order chi connectivity index (χ1) is 12.8. The molecule has 9 nitrogen and oxygen atoms in total. The van der Waals surface area contributed by atoms with Gasteiger partial charge in [0, 0.05) is 12.1 Å². The largest absolute Gasteiger partial charge is 0.350 e. The van der Waals surface area contributed by atoms with Crippen LogP contribution in [0.1, 0.15) is 18.9 Å². The van der Waals surface area contributed by atoms with Gasteiger partial charge in [-0.25, -0.2) is 4.39 Å². The minimum Gasteiger partial charge on any atom is -0.350 e. The average molecular weight is 417 g/mol. The van der Waals surface area contributed by atoms with E-state index in [9.17, 15) is 27.2 Å². The van der Waals surface area contributed by atoms with E-state index in [1.165, 1.54) is 13.0 Å². The first-order valence-electron chi connectivity index (χ1n) is 8.28. The molecule has 1 heterocycles. The first-order valence-corrected chi connectivity index (χ1v) is 10.1. The number of carbonyl (C=O) groups is 3. The molecule has 1 aromatic rings. The zero-order valence-corrected chi connectivity index (χ0v) is 16.9. The summed E-state index contributed by atoms with van der Waals surface area (Å²) in [6.45, 7) is 1.49. The van der Waals surface area contributed by atoms with Gasteiger partial charge in [-0.15, -0.1) is 0 Å². The van der Waals surface area contributed by atoms with Crippen molar-refractivity contribution in [1.82, 2.24) is 15.1 Å². The Kier molecular flexibility index (Phi) is 8.21. The van der Waals surface area contributed by atoms with E-state index in [4.69, 9.17) is 4.55 Å². The number of carbonyl (C=O) groups excluding carboxylic acids is 3. The summed E-state index contributed by atoms with van der Waals surface area (Å²) in [5.74, 6) is -1.66. The molecule has 0 bridgehead atoms. The lowest BCUT2D eigenvalue weighted by molar-refractivity contribution is -0.147. The van der Waals surface area contributed by atoms with E-state index in [0.29, 0.717) is 11.8 Å². The second-order valence-electron chi connectivity index (χ2n) is 6.50. The molecule has 156 valence electrons. The highest BCUT2D eigenvalue weighted by atomic mass is 32.2. The fourth-order valence-electron chi connectivity index (χ4n) is 2.53. The molecule has 1 aliphatic heterocycles. The minimum atomic E-state index is -3.67. The Bertz CT molecular complexity index is 835. The van der Waals surface area contributed by atoms with Crippen LogP contribution in [0.4, 0.5) is 4.39 Å². The number of nitrogens with zero attached hydrogens (tertiary/aromatic N) is 2. The van der Waals surface area contributed by atoms with Crippen LogP contribution in [0.3, 0.4) is 0 Å². The molecular weight excluding hydrogens is 393 g/mol. The van der Waals surface area contributed by atoms with Gasteiger partial charge in [0.05, 0.1) is 18.7 Å². The Balaban J connectivity index is 0.000000696. The number of benzene rings is 1. The molecule has 0 unspecified atom stereocenters. The van der Waals surface area contributed by atoms with Crippen molar-refractivity contribution in [3.63, 3.8) is 0 Å². The van der Waals surface area contributed by atoms with Crippen LogP contribution in [-0.4, -0.2) is 72.9 Å². The van der Waals surface area contributed by atoms with E-state index in [0.717, 1.165) is 4.90 Å². The molecule has 2 rings (SSSR count). The maximum atomic E-state index is 13.5. The number of likely N-dealkylation sites (N-methyl/N-ethyl adjacent to an activating group) is 1. The van der Waals surface area contributed by atoms with Gasteiger partial charge < -0.3 is 5.32 Å². The van der Waals surface area contributed by atoms with Gasteiger partial charge in [-0.2, -0.15) is 8.42 Å². The number of nitrogens with one attached hydrogen (secondary N) is 1. The van der Waals surface area contributed by atoms with E-state index in [-0.39, 0.29) is 24.8 Å². The highest BCUT2D eigenvalue weighted by molar-refractivity contribution is 7.85. The minimum absolute atomic E-state index is 0.00315. The Morgan fingerprint density at radius 1 is 1.36 bits per heavy atom. The maximum Gasteiger partial charge on any atom is 0.261 e. The summed E-state index contributed by atoms with van der Waals surface area (Å²) >= 11 is 0. The summed E-state index contributed by atoms with van der Waals surface area (Å²) in [6, 6.07) is 4.64. The van der Waals surface area contributed by atoms with Crippen LogP contribution < -0.4 is 5.32 Å². The molecule has 0 saturated carbocycles. The summed E-state index contributed by atoms with van der Waals surface area (Å²) in [6.07, 6.45) is 0.782. The van der Waals surface area contributed by atoms with Crippen molar-refractivity contribution in [2.75, 3.05) is 20.4 Å². The maximum absolute atomic E-state index is 13.5. The van der Waals surface area contributed by atoms with Gasteiger partial charge in [0.1, 0.15) is 11.9 Å². The zero-order chi connectivity index (χ0) is 21.6. The van der Waals surface area contributed by atoms with Crippen molar-refractivity contribution < 1.29 is 31.7 Å². The lowest BCUT2D eigenvalue weighted by Gasteiger charge is -2.23. The van der Waals surface area contributed by atoms with Crippen LogP contribution >= 0.6 is 0 Å². The van der Waals surface area contributed by atoms with Crippen LogP contribution in [-0.2, 0) is 31.0 Å². The second-order valence-corrected chi connectivity index (χ2v) is 7.97.